The Morgan fingerprint density at radius 2 is 1.67 bits per heavy atom. The maximum absolute atomic E-state index is 12.5. The van der Waals surface area contributed by atoms with Gasteiger partial charge in [-0.3, -0.25) is 39.7 Å². The predicted octanol–water partition coefficient (Wildman–Crippen LogP) is 0.604. The van der Waals surface area contributed by atoms with Gasteiger partial charge in [0, 0.05) is 11.1 Å². The Morgan fingerprint density at radius 3 is 2.40 bits per heavy atom. The lowest BCUT2D eigenvalue weighted by Crippen LogP contribution is -2.48. The minimum Gasteiger partial charge on any atom is -0.451 e. The number of imide groups is 1. The van der Waals surface area contributed by atoms with Gasteiger partial charge < -0.3 is 4.74 Å². The molecule has 0 fully saturated rings. The SMILES string of the molecule is C[C@@H](OC(=O)CN1C(=O)Cc2ccccc2C1=O)C(=O)NNC(=O)c1ccccc1. The topological polar surface area (TPSA) is 122 Å². The van der Waals surface area contributed by atoms with Gasteiger partial charge in [0.1, 0.15) is 6.54 Å². The fourth-order valence-corrected chi connectivity index (χ4v) is 2.86. The number of ether oxygens (including phenoxy) is 1. The Morgan fingerprint density at radius 1 is 1.00 bits per heavy atom. The molecule has 0 saturated carbocycles. The molecule has 0 saturated heterocycles. The number of hydrazine groups is 1. The van der Waals surface area contributed by atoms with Gasteiger partial charge in [-0.2, -0.15) is 0 Å². The Hall–Kier alpha value is -4.01. The number of carbonyl (C=O) groups excluding carboxylic acids is 5. The van der Waals surface area contributed by atoms with E-state index in [0.717, 1.165) is 4.90 Å². The summed E-state index contributed by atoms with van der Waals surface area (Å²) in [6.45, 7) is 0.692. The molecule has 0 aromatic heterocycles. The van der Waals surface area contributed by atoms with Gasteiger partial charge in [-0.05, 0) is 30.7 Å². The molecule has 0 aliphatic carbocycles. The number of nitrogens with zero attached hydrogens (tertiary/aromatic N) is 1. The van der Waals surface area contributed by atoms with Crippen molar-refractivity contribution in [1.82, 2.24) is 15.8 Å². The first-order chi connectivity index (χ1) is 14.4. The fourth-order valence-electron chi connectivity index (χ4n) is 2.86. The van der Waals surface area contributed by atoms with Crippen LogP contribution >= 0.6 is 0 Å². The molecule has 2 N–H and O–H groups in total. The van der Waals surface area contributed by atoms with E-state index in [1.807, 2.05) is 0 Å². The quantitative estimate of drug-likeness (QED) is 0.424. The highest BCUT2D eigenvalue weighted by atomic mass is 16.5. The lowest BCUT2D eigenvalue weighted by Gasteiger charge is -2.26. The molecular formula is C21H19N3O6. The maximum atomic E-state index is 12.5. The second-order valence-electron chi connectivity index (χ2n) is 6.56. The van der Waals surface area contributed by atoms with Crippen molar-refractivity contribution in [3.05, 3.63) is 71.3 Å². The largest absolute Gasteiger partial charge is 0.451 e. The number of nitrogens with one attached hydrogen (secondary N) is 2. The second kappa shape index (κ2) is 8.99. The molecule has 1 aliphatic heterocycles. The monoisotopic (exact) mass is 409 g/mol. The van der Waals surface area contributed by atoms with Gasteiger partial charge in [-0.15, -0.1) is 0 Å². The lowest BCUT2D eigenvalue weighted by atomic mass is 9.98. The standard InChI is InChI=1S/C21H19N3O6/c1-13(19(27)22-23-20(28)14-7-3-2-4-8-14)30-18(26)12-24-17(25)11-15-9-5-6-10-16(15)21(24)29/h2-10,13H,11-12H2,1H3,(H,22,27)(H,23,28)/t13-/m1/s1. The van der Waals surface area contributed by atoms with Crippen molar-refractivity contribution < 1.29 is 28.7 Å². The highest BCUT2D eigenvalue weighted by Crippen LogP contribution is 2.19. The molecule has 0 unspecified atom stereocenters. The van der Waals surface area contributed by atoms with Crippen LogP contribution in [0.4, 0.5) is 0 Å². The van der Waals surface area contributed by atoms with E-state index >= 15 is 0 Å². The number of hydrogen-bond acceptors (Lipinski definition) is 6. The van der Waals surface area contributed by atoms with E-state index in [1.54, 1.807) is 54.6 Å². The lowest BCUT2D eigenvalue weighted by molar-refractivity contribution is -0.157. The Kier molecular flexibility index (Phi) is 6.21. The molecule has 1 heterocycles. The summed E-state index contributed by atoms with van der Waals surface area (Å²) < 4.78 is 4.99. The highest BCUT2D eigenvalue weighted by Gasteiger charge is 2.33. The van der Waals surface area contributed by atoms with Gasteiger partial charge in [-0.1, -0.05) is 36.4 Å². The number of amides is 4. The molecule has 0 bridgehead atoms. The van der Waals surface area contributed by atoms with Crippen LogP contribution in [0.25, 0.3) is 0 Å². The minimum atomic E-state index is -1.25. The van der Waals surface area contributed by atoms with Gasteiger partial charge in [0.05, 0.1) is 6.42 Å². The molecular weight excluding hydrogens is 390 g/mol. The molecule has 30 heavy (non-hydrogen) atoms. The van der Waals surface area contributed by atoms with E-state index in [-0.39, 0.29) is 6.42 Å². The zero-order valence-electron chi connectivity index (χ0n) is 16.1. The Bertz CT molecular complexity index is 1000. The minimum absolute atomic E-state index is 0.00322. The molecule has 154 valence electrons. The fraction of sp³-hybridized carbons (Fsp3) is 0.190. The van der Waals surface area contributed by atoms with Crippen LogP contribution in [0.3, 0.4) is 0 Å². The van der Waals surface area contributed by atoms with E-state index in [9.17, 15) is 24.0 Å². The van der Waals surface area contributed by atoms with Gasteiger partial charge in [0.25, 0.3) is 17.7 Å². The number of rotatable bonds is 5. The molecule has 0 radical (unpaired) electrons. The van der Waals surface area contributed by atoms with Crippen molar-refractivity contribution in [1.29, 1.82) is 0 Å². The molecule has 4 amide bonds. The van der Waals surface area contributed by atoms with Gasteiger partial charge in [0.2, 0.25) is 5.91 Å². The Balaban J connectivity index is 1.52. The van der Waals surface area contributed by atoms with Crippen LogP contribution in [0, 0.1) is 0 Å². The van der Waals surface area contributed by atoms with Crippen molar-refractivity contribution in [2.45, 2.75) is 19.4 Å². The maximum Gasteiger partial charge on any atom is 0.326 e. The second-order valence-corrected chi connectivity index (χ2v) is 6.56. The van der Waals surface area contributed by atoms with Crippen LogP contribution in [0.2, 0.25) is 0 Å². The van der Waals surface area contributed by atoms with Gasteiger partial charge in [0.15, 0.2) is 6.10 Å². The molecule has 9 heteroatoms. The normalized spacial score (nSPS) is 13.8. The van der Waals surface area contributed by atoms with Crippen LogP contribution in [0.15, 0.2) is 54.6 Å². The number of fused-ring (bicyclic) bond motifs is 1. The molecule has 0 spiro atoms. The summed E-state index contributed by atoms with van der Waals surface area (Å²) in [7, 11) is 0. The third-order valence-electron chi connectivity index (χ3n) is 4.44. The number of carbonyl (C=O) groups is 5. The van der Waals surface area contributed by atoms with Crippen LogP contribution in [-0.4, -0.2) is 47.1 Å². The first-order valence-corrected chi connectivity index (χ1v) is 9.14. The van der Waals surface area contributed by atoms with Gasteiger partial charge in [-0.25, -0.2) is 0 Å². The summed E-state index contributed by atoms with van der Waals surface area (Å²) in [5, 5.41) is 0. The predicted molar refractivity (Wildman–Crippen MR) is 104 cm³/mol. The zero-order chi connectivity index (χ0) is 21.7. The summed E-state index contributed by atoms with van der Waals surface area (Å²) in [6, 6.07) is 14.9. The van der Waals surface area contributed by atoms with E-state index < -0.39 is 42.2 Å². The van der Waals surface area contributed by atoms with Crippen LogP contribution in [-0.2, 0) is 25.5 Å². The van der Waals surface area contributed by atoms with E-state index in [2.05, 4.69) is 10.9 Å². The van der Waals surface area contributed by atoms with Crippen molar-refractivity contribution in [2.75, 3.05) is 6.54 Å². The average molecular weight is 409 g/mol. The molecule has 3 rings (SSSR count). The summed E-state index contributed by atoms with van der Waals surface area (Å²) in [5.74, 6) is -3.35. The number of hydrogen-bond donors (Lipinski definition) is 2. The van der Waals surface area contributed by atoms with Crippen molar-refractivity contribution in [3.8, 4) is 0 Å². The van der Waals surface area contributed by atoms with Crippen LogP contribution in [0.1, 0.15) is 33.2 Å². The molecule has 1 aliphatic rings. The molecule has 1 atom stereocenters. The zero-order valence-corrected chi connectivity index (χ0v) is 16.1. The first kappa shape index (κ1) is 20.7. The summed E-state index contributed by atoms with van der Waals surface area (Å²) in [6.07, 6.45) is -1.26. The van der Waals surface area contributed by atoms with Crippen molar-refractivity contribution in [3.63, 3.8) is 0 Å². The van der Waals surface area contributed by atoms with Crippen molar-refractivity contribution >= 4 is 29.6 Å². The van der Waals surface area contributed by atoms with Crippen LogP contribution < -0.4 is 10.9 Å². The average Bonchev–Trinajstić information content (AvgIpc) is 2.75. The highest BCUT2D eigenvalue weighted by molar-refractivity contribution is 6.11. The van der Waals surface area contributed by atoms with E-state index in [4.69, 9.17) is 4.74 Å². The van der Waals surface area contributed by atoms with Crippen LogP contribution in [0.5, 0.6) is 0 Å². The Labute approximate surface area is 172 Å². The molecule has 2 aromatic carbocycles. The summed E-state index contributed by atoms with van der Waals surface area (Å²) in [4.78, 5) is 61.6. The van der Waals surface area contributed by atoms with E-state index in [0.29, 0.717) is 16.7 Å². The molecule has 2 aromatic rings. The summed E-state index contributed by atoms with van der Waals surface area (Å²) in [5.41, 5.74) is 5.65. The number of benzene rings is 2. The number of esters is 1. The van der Waals surface area contributed by atoms with E-state index in [1.165, 1.54) is 6.92 Å². The third-order valence-corrected chi connectivity index (χ3v) is 4.44. The summed E-state index contributed by atoms with van der Waals surface area (Å²) >= 11 is 0. The first-order valence-electron chi connectivity index (χ1n) is 9.14. The third kappa shape index (κ3) is 4.69. The smallest absolute Gasteiger partial charge is 0.326 e. The van der Waals surface area contributed by atoms with Gasteiger partial charge >= 0.3 is 5.97 Å². The molecule has 9 nitrogen and oxygen atoms in total. The van der Waals surface area contributed by atoms with Crippen molar-refractivity contribution in [2.24, 2.45) is 0 Å².